The molecule has 1 fully saturated rings. The fourth-order valence-corrected chi connectivity index (χ4v) is 3.76. The molecule has 0 atom stereocenters. The summed E-state index contributed by atoms with van der Waals surface area (Å²) >= 11 is 0. The second kappa shape index (κ2) is 8.69. The lowest BCUT2D eigenvalue weighted by atomic mass is 10.0. The van der Waals surface area contributed by atoms with Gasteiger partial charge in [0.25, 0.3) is 5.91 Å². The summed E-state index contributed by atoms with van der Waals surface area (Å²) in [6.45, 7) is 11.1. The highest BCUT2D eigenvalue weighted by Crippen LogP contribution is 2.18. The normalized spacial score (nSPS) is 15.3. The molecule has 0 saturated carbocycles. The van der Waals surface area contributed by atoms with Gasteiger partial charge < -0.3 is 15.5 Å². The Hall–Kier alpha value is -2.47. The molecule has 0 bridgehead atoms. The van der Waals surface area contributed by atoms with Crippen molar-refractivity contribution in [1.82, 2.24) is 20.2 Å². The van der Waals surface area contributed by atoms with E-state index < -0.39 is 0 Å². The largest absolute Gasteiger partial charge is 0.346 e. The van der Waals surface area contributed by atoms with Gasteiger partial charge in [0.15, 0.2) is 0 Å². The number of carbonyl (C=O) groups excluding carboxylic acids is 1. The molecule has 1 amide bonds. The minimum atomic E-state index is -0.279. The van der Waals surface area contributed by atoms with E-state index in [1.165, 1.54) is 19.3 Å². The lowest BCUT2D eigenvalue weighted by Crippen LogP contribution is -2.52. The first-order valence-corrected chi connectivity index (χ1v) is 10.0. The van der Waals surface area contributed by atoms with Crippen molar-refractivity contribution in [3.63, 3.8) is 0 Å². The molecule has 1 aliphatic heterocycles. The Bertz CT molecular complexity index is 807. The third-order valence-corrected chi connectivity index (χ3v) is 4.88. The van der Waals surface area contributed by atoms with Gasteiger partial charge in [0, 0.05) is 35.1 Å². The first-order chi connectivity index (χ1) is 13.3. The Morgan fingerprint density at radius 1 is 1.11 bits per heavy atom. The summed E-state index contributed by atoms with van der Waals surface area (Å²) in [5.41, 5.74) is 2.10. The molecule has 2 aromatic rings. The van der Waals surface area contributed by atoms with E-state index in [1.807, 2.05) is 44.2 Å². The number of hydrogen-bond donors (Lipinski definition) is 2. The number of benzene rings is 1. The fourth-order valence-electron chi connectivity index (χ4n) is 3.76. The van der Waals surface area contributed by atoms with E-state index in [-0.39, 0.29) is 11.4 Å². The molecule has 1 aliphatic rings. The Balaban J connectivity index is 1.65. The summed E-state index contributed by atoms with van der Waals surface area (Å²) in [6.07, 6.45) is 3.81. The maximum atomic E-state index is 12.8. The maximum absolute atomic E-state index is 12.8. The van der Waals surface area contributed by atoms with E-state index in [0.717, 1.165) is 42.7 Å². The van der Waals surface area contributed by atoms with Gasteiger partial charge in [0.2, 0.25) is 0 Å². The summed E-state index contributed by atoms with van der Waals surface area (Å²) in [4.78, 5) is 24.0. The van der Waals surface area contributed by atoms with Gasteiger partial charge >= 0.3 is 0 Å². The standard InChI is InChI=1S/C22H31N5O/c1-16-13-20(24-17(2)23-16)25-19-10-8-9-18(14-19)21(28)26-22(3,4)15-27-11-6-5-7-12-27/h8-10,13-14H,5-7,11-12,15H2,1-4H3,(H,26,28)(H,23,24,25). The third-order valence-electron chi connectivity index (χ3n) is 4.88. The summed E-state index contributed by atoms with van der Waals surface area (Å²) in [6, 6.07) is 9.41. The molecule has 0 radical (unpaired) electrons. The molecule has 0 aliphatic carbocycles. The molecule has 2 N–H and O–H groups in total. The molecule has 0 unspecified atom stereocenters. The van der Waals surface area contributed by atoms with Crippen molar-refractivity contribution in [2.75, 3.05) is 25.0 Å². The van der Waals surface area contributed by atoms with Crippen molar-refractivity contribution in [3.8, 4) is 0 Å². The predicted octanol–water partition coefficient (Wildman–Crippen LogP) is 3.83. The summed E-state index contributed by atoms with van der Waals surface area (Å²) in [5, 5.41) is 6.47. The van der Waals surface area contributed by atoms with Crippen molar-refractivity contribution in [1.29, 1.82) is 0 Å². The van der Waals surface area contributed by atoms with Crippen LogP contribution in [0, 0.1) is 13.8 Å². The highest BCUT2D eigenvalue weighted by Gasteiger charge is 2.25. The van der Waals surface area contributed by atoms with Gasteiger partial charge in [-0.1, -0.05) is 12.5 Å². The number of amides is 1. The van der Waals surface area contributed by atoms with E-state index in [1.54, 1.807) is 0 Å². The van der Waals surface area contributed by atoms with E-state index in [2.05, 4.69) is 39.3 Å². The number of piperidine rings is 1. The van der Waals surface area contributed by atoms with Gasteiger partial charge in [0.1, 0.15) is 11.6 Å². The van der Waals surface area contributed by atoms with Crippen molar-refractivity contribution in [2.24, 2.45) is 0 Å². The Morgan fingerprint density at radius 2 is 1.86 bits per heavy atom. The first kappa shape index (κ1) is 20.3. The van der Waals surface area contributed by atoms with Gasteiger partial charge in [-0.2, -0.15) is 0 Å². The number of anilines is 2. The first-order valence-electron chi connectivity index (χ1n) is 10.0. The minimum absolute atomic E-state index is 0.0549. The van der Waals surface area contributed by atoms with Crippen LogP contribution < -0.4 is 10.6 Å². The zero-order valence-corrected chi connectivity index (χ0v) is 17.4. The van der Waals surface area contributed by atoms with Crippen LogP contribution in [0.3, 0.4) is 0 Å². The lowest BCUT2D eigenvalue weighted by Gasteiger charge is -2.35. The van der Waals surface area contributed by atoms with Gasteiger partial charge in [-0.05, 0) is 71.8 Å². The van der Waals surface area contributed by atoms with Crippen LogP contribution in [0.1, 0.15) is 55.0 Å². The Morgan fingerprint density at radius 3 is 2.57 bits per heavy atom. The molecule has 0 spiro atoms. The van der Waals surface area contributed by atoms with E-state index in [9.17, 15) is 4.79 Å². The third kappa shape index (κ3) is 5.76. The van der Waals surface area contributed by atoms with Crippen LogP contribution in [0.15, 0.2) is 30.3 Å². The number of aromatic nitrogens is 2. The van der Waals surface area contributed by atoms with Crippen molar-refractivity contribution in [3.05, 3.63) is 47.4 Å². The Labute approximate surface area is 167 Å². The molecule has 1 saturated heterocycles. The second-order valence-corrected chi connectivity index (χ2v) is 8.32. The predicted molar refractivity (Wildman–Crippen MR) is 113 cm³/mol. The van der Waals surface area contributed by atoms with Gasteiger partial charge in [-0.3, -0.25) is 4.79 Å². The van der Waals surface area contributed by atoms with Crippen LogP contribution in [-0.4, -0.2) is 45.9 Å². The zero-order valence-electron chi connectivity index (χ0n) is 17.4. The van der Waals surface area contributed by atoms with Crippen molar-refractivity contribution in [2.45, 2.75) is 52.5 Å². The SMILES string of the molecule is Cc1cc(Nc2cccc(C(=O)NC(C)(C)CN3CCCCC3)c2)nc(C)n1. The molecule has 1 aromatic heterocycles. The fraction of sp³-hybridized carbons (Fsp3) is 0.500. The number of rotatable bonds is 6. The van der Waals surface area contributed by atoms with Gasteiger partial charge in [-0.25, -0.2) is 9.97 Å². The molecule has 150 valence electrons. The zero-order chi connectivity index (χ0) is 20.1. The molecule has 6 nitrogen and oxygen atoms in total. The van der Waals surface area contributed by atoms with E-state index >= 15 is 0 Å². The molecular weight excluding hydrogens is 350 g/mol. The highest BCUT2D eigenvalue weighted by molar-refractivity contribution is 5.95. The van der Waals surface area contributed by atoms with Crippen molar-refractivity contribution < 1.29 is 4.79 Å². The molecular formula is C22H31N5O. The molecule has 2 heterocycles. The lowest BCUT2D eigenvalue weighted by molar-refractivity contribution is 0.0878. The number of aryl methyl sites for hydroxylation is 2. The molecule has 1 aromatic carbocycles. The van der Waals surface area contributed by atoms with Crippen LogP contribution in [-0.2, 0) is 0 Å². The van der Waals surface area contributed by atoms with Gasteiger partial charge in [-0.15, -0.1) is 0 Å². The van der Waals surface area contributed by atoms with E-state index in [4.69, 9.17) is 0 Å². The van der Waals surface area contributed by atoms with Crippen LogP contribution in [0.5, 0.6) is 0 Å². The maximum Gasteiger partial charge on any atom is 0.251 e. The van der Waals surface area contributed by atoms with Crippen LogP contribution in [0.25, 0.3) is 0 Å². The Kier molecular flexibility index (Phi) is 6.29. The molecule has 6 heteroatoms. The highest BCUT2D eigenvalue weighted by atomic mass is 16.1. The molecule has 3 rings (SSSR count). The summed E-state index contributed by atoms with van der Waals surface area (Å²) < 4.78 is 0. The van der Waals surface area contributed by atoms with E-state index in [0.29, 0.717) is 5.56 Å². The number of nitrogens with one attached hydrogen (secondary N) is 2. The van der Waals surface area contributed by atoms with Crippen LogP contribution in [0.4, 0.5) is 11.5 Å². The monoisotopic (exact) mass is 381 g/mol. The second-order valence-electron chi connectivity index (χ2n) is 8.32. The number of nitrogens with zero attached hydrogens (tertiary/aromatic N) is 3. The summed E-state index contributed by atoms with van der Waals surface area (Å²) in [5.74, 6) is 1.39. The smallest absolute Gasteiger partial charge is 0.251 e. The molecule has 28 heavy (non-hydrogen) atoms. The minimum Gasteiger partial charge on any atom is -0.346 e. The van der Waals surface area contributed by atoms with Crippen LogP contribution >= 0.6 is 0 Å². The average Bonchev–Trinajstić information content (AvgIpc) is 2.61. The topological polar surface area (TPSA) is 70.2 Å². The number of hydrogen-bond acceptors (Lipinski definition) is 5. The van der Waals surface area contributed by atoms with Crippen molar-refractivity contribution >= 4 is 17.4 Å². The number of carbonyl (C=O) groups is 1. The average molecular weight is 382 g/mol. The van der Waals surface area contributed by atoms with Crippen LogP contribution in [0.2, 0.25) is 0 Å². The summed E-state index contributed by atoms with van der Waals surface area (Å²) in [7, 11) is 0. The quantitative estimate of drug-likeness (QED) is 0.796. The van der Waals surface area contributed by atoms with Gasteiger partial charge in [0.05, 0.1) is 0 Å². The number of likely N-dealkylation sites (tertiary alicyclic amines) is 1.